The molecule has 498 valence electrons. The van der Waals surface area contributed by atoms with Gasteiger partial charge in [-0.05, 0) is 97.1 Å². The molecule has 4 aromatic carbocycles. The Morgan fingerprint density at radius 1 is 0.576 bits per heavy atom. The molecule has 2 bridgehead atoms. The van der Waals surface area contributed by atoms with E-state index >= 15 is 4.79 Å². The largest absolute Gasteiger partial charge is 0.480 e. The van der Waals surface area contributed by atoms with Crippen LogP contribution in [0.15, 0.2) is 97.1 Å². The van der Waals surface area contributed by atoms with E-state index in [0.717, 1.165) is 21.5 Å². The number of carboxylic acids is 2. The summed E-state index contributed by atoms with van der Waals surface area (Å²) in [6.45, 7) is 13.9. The lowest BCUT2D eigenvalue weighted by Crippen LogP contribution is -2.67. The summed E-state index contributed by atoms with van der Waals surface area (Å²) >= 11 is 0. The number of hydrogen-bond acceptors (Lipinski definition) is 14. The highest BCUT2D eigenvalue weighted by Crippen LogP contribution is 2.26. The summed E-state index contributed by atoms with van der Waals surface area (Å²) in [4.78, 5) is 158. The van der Waals surface area contributed by atoms with Gasteiger partial charge in [0.1, 0.15) is 48.3 Å². The summed E-state index contributed by atoms with van der Waals surface area (Å²) in [5, 5.41) is 52.2. The fraction of sp³-hybridized carbons (Fsp3) is 0.507. The van der Waals surface area contributed by atoms with Crippen molar-refractivity contribution >= 4 is 86.6 Å². The van der Waals surface area contributed by atoms with Crippen molar-refractivity contribution in [1.29, 1.82) is 0 Å². The third-order valence-electron chi connectivity index (χ3n) is 16.7. The van der Waals surface area contributed by atoms with Gasteiger partial charge in [0.2, 0.25) is 53.2 Å². The molecule has 0 aliphatic carbocycles. The molecule has 0 spiro atoms. The van der Waals surface area contributed by atoms with Gasteiger partial charge in [-0.3, -0.25) is 48.1 Å². The lowest BCUT2D eigenvalue weighted by Gasteiger charge is -2.44. The molecule has 11 atom stereocenters. The number of piperazine rings is 1. The van der Waals surface area contributed by atoms with Crippen LogP contribution < -0.4 is 53.2 Å². The average Bonchev–Trinajstić information content (AvgIpc) is 0.828. The first-order valence-corrected chi connectivity index (χ1v) is 31.3. The molecule has 9 amide bonds. The Morgan fingerprint density at radius 2 is 1.07 bits per heavy atom. The first-order chi connectivity index (χ1) is 43.5. The molecule has 92 heavy (non-hydrogen) atoms. The summed E-state index contributed by atoms with van der Waals surface area (Å²) in [7, 11) is 3.17. The van der Waals surface area contributed by atoms with Crippen LogP contribution in [0.2, 0.25) is 0 Å². The van der Waals surface area contributed by atoms with Crippen molar-refractivity contribution in [2.75, 3.05) is 46.8 Å². The Bertz CT molecular complexity index is 3360. The van der Waals surface area contributed by atoms with Gasteiger partial charge in [-0.1, -0.05) is 139 Å². The smallest absolute Gasteiger partial charge is 0.326 e. The quantitative estimate of drug-likeness (QED) is 0.0755. The molecule has 1 unspecified atom stereocenters. The van der Waals surface area contributed by atoms with Gasteiger partial charge in [0.05, 0.1) is 12.1 Å². The number of fused-ring (bicyclic) bond motifs is 4. The zero-order valence-electron chi connectivity index (χ0n) is 54.3. The molecule has 0 aromatic heterocycles. The van der Waals surface area contributed by atoms with Gasteiger partial charge in [0, 0.05) is 52.0 Å². The minimum atomic E-state index is -1.63. The van der Waals surface area contributed by atoms with E-state index in [1.54, 1.807) is 87.7 Å². The van der Waals surface area contributed by atoms with Crippen molar-refractivity contribution < 1.29 is 63.0 Å². The fourth-order valence-corrected chi connectivity index (χ4v) is 10.9. The average molecular weight is 1270 g/mol. The number of aliphatic carboxylic acids is 2. The minimum Gasteiger partial charge on any atom is -0.480 e. The van der Waals surface area contributed by atoms with E-state index < -0.39 is 136 Å². The van der Waals surface area contributed by atoms with E-state index in [4.69, 9.17) is 0 Å². The third kappa shape index (κ3) is 20.6. The van der Waals surface area contributed by atoms with Crippen LogP contribution in [0.1, 0.15) is 98.6 Å². The van der Waals surface area contributed by atoms with Crippen LogP contribution in [-0.2, 0) is 65.6 Å². The summed E-state index contributed by atoms with van der Waals surface area (Å²) in [5.74, 6) is -9.16. The van der Waals surface area contributed by atoms with E-state index in [1.165, 1.54) is 11.0 Å². The third-order valence-corrected chi connectivity index (χ3v) is 16.7. The number of carbonyl (C=O) groups is 11. The van der Waals surface area contributed by atoms with Crippen molar-refractivity contribution in [1.82, 2.24) is 63.0 Å². The van der Waals surface area contributed by atoms with E-state index in [0.29, 0.717) is 11.1 Å². The molecule has 1 saturated heterocycles. The number of carboxylic acid groups (broad SMARTS) is 2. The number of likely N-dealkylation sites (N-methyl/N-ethyl adjacent to an activating group) is 2. The highest BCUT2D eigenvalue weighted by Gasteiger charge is 2.44. The van der Waals surface area contributed by atoms with E-state index in [1.807, 2.05) is 77.7 Å². The molecular formula is C67H92N12O13. The zero-order chi connectivity index (χ0) is 67.6. The maximum atomic E-state index is 15.1. The first-order valence-electron chi connectivity index (χ1n) is 31.3. The Kier molecular flexibility index (Phi) is 25.9. The molecule has 12 N–H and O–H groups in total. The number of nitrogens with one attached hydrogen (secondary N) is 10. The van der Waals surface area contributed by atoms with Gasteiger partial charge in [0.15, 0.2) is 0 Å². The topological polar surface area (TPSA) is 355 Å². The Hall–Kier alpha value is -8.81. The maximum absolute atomic E-state index is 15.1. The van der Waals surface area contributed by atoms with Crippen LogP contribution in [0, 0.1) is 10.8 Å². The van der Waals surface area contributed by atoms with Crippen LogP contribution in [0.3, 0.4) is 0 Å². The standard InChI is InChI=1S/C67H92N12O13/c1-39(68-9)56(81)76-54(66(3,4)5)62(87)71-47-22-12-11-13-23-48(64(89)90)72-60(85)51(37-42-25-27-44-19-15-17-21-46(44)35-42)75-61(86)52-38-78(32-33-79(52)63(88)55(67(6,7)8)77-57(82)40(2)69-10)31-30-70-53(80)29-28-49(65(91)92)73-59(84)50(74-58(47)83)36-41-24-26-43-18-14-16-20-45(43)34-41/h11-12,14-21,24-27,34-35,39-40,47-52,54-55,68-69H,13,22-23,28-33,36-38H2,1-10H3,(H,70,80)(H,71,87)(H,72,85)(H,73,84)(H,74,83)(H,75,86)(H,76,81)(H,77,82)(H,89,90)(H,91,92)/b12-11+/t39-,40-,47-,48-,49-,50-,51-,52-,54+,55+/m0/s1. The monoisotopic (exact) mass is 1270 g/mol. The van der Waals surface area contributed by atoms with Crippen molar-refractivity contribution in [3.05, 3.63) is 108 Å². The van der Waals surface area contributed by atoms with Gasteiger partial charge < -0.3 is 68.3 Å². The second-order valence-corrected chi connectivity index (χ2v) is 25.9. The number of amides is 9. The second-order valence-electron chi connectivity index (χ2n) is 25.9. The maximum Gasteiger partial charge on any atom is 0.326 e. The molecular weight excluding hydrogens is 1180 g/mol. The molecule has 2 heterocycles. The zero-order valence-corrected chi connectivity index (χ0v) is 54.3. The summed E-state index contributed by atoms with van der Waals surface area (Å²) in [5.41, 5.74) is -0.585. The minimum absolute atomic E-state index is 0.0122. The molecule has 0 saturated carbocycles. The SMILES string of the molecule is CN[C@@H](C)C(=O)N[C@H](C(=O)N[C@H]1C/C=C/CC[C@@H](C(=O)O)NC(=O)[C@H](Cc2ccc3ccccc3c2)NC(=O)[C@@H]2CN(CCNC(=O)CC[C@@H](C(=O)O)NC(=O)[C@H](Cc3ccc4ccccc4c3)NC1=O)CCN2C(=O)[C@@H](NC(=O)[C@H](C)NC)C(C)(C)C)C(C)(C)C. The van der Waals surface area contributed by atoms with Crippen molar-refractivity contribution in [3.8, 4) is 0 Å². The second kappa shape index (κ2) is 33.0. The molecule has 0 radical (unpaired) electrons. The number of hydrogen-bond donors (Lipinski definition) is 12. The number of benzene rings is 4. The van der Waals surface area contributed by atoms with E-state index in [2.05, 4.69) is 53.2 Å². The highest BCUT2D eigenvalue weighted by atomic mass is 16.4. The molecule has 4 aromatic rings. The van der Waals surface area contributed by atoms with Crippen LogP contribution >= 0.6 is 0 Å². The number of nitrogens with zero attached hydrogens (tertiary/aromatic N) is 2. The van der Waals surface area contributed by atoms with E-state index in [9.17, 15) is 58.2 Å². The summed E-state index contributed by atoms with van der Waals surface area (Å²) in [6.07, 6.45) is 1.55. The fourth-order valence-electron chi connectivity index (χ4n) is 10.9. The van der Waals surface area contributed by atoms with Crippen LogP contribution in [0.5, 0.6) is 0 Å². The normalized spacial score (nSPS) is 23.1. The van der Waals surface area contributed by atoms with Crippen molar-refractivity contribution in [3.63, 3.8) is 0 Å². The molecule has 6 rings (SSSR count). The lowest BCUT2D eigenvalue weighted by molar-refractivity contribution is -0.149. The number of carbonyl (C=O) groups excluding carboxylic acids is 9. The molecule has 1 fully saturated rings. The first kappa shape index (κ1) is 72.3. The summed E-state index contributed by atoms with van der Waals surface area (Å²) in [6, 6.07) is 13.3. The van der Waals surface area contributed by atoms with Crippen LogP contribution in [-0.4, -0.2) is 192 Å². The van der Waals surface area contributed by atoms with Gasteiger partial charge >= 0.3 is 11.9 Å². The number of allylic oxidation sites excluding steroid dienone is 1. The molecule has 2 aliphatic heterocycles. The van der Waals surface area contributed by atoms with Crippen molar-refractivity contribution in [2.24, 2.45) is 10.8 Å². The highest BCUT2D eigenvalue weighted by molar-refractivity contribution is 5.98. The predicted molar refractivity (Wildman–Crippen MR) is 347 cm³/mol. The van der Waals surface area contributed by atoms with Crippen LogP contribution in [0.4, 0.5) is 0 Å². The summed E-state index contributed by atoms with van der Waals surface area (Å²) < 4.78 is 0. The lowest BCUT2D eigenvalue weighted by atomic mass is 9.85. The van der Waals surface area contributed by atoms with Crippen LogP contribution in [0.25, 0.3) is 21.5 Å². The molecule has 25 heteroatoms. The van der Waals surface area contributed by atoms with Gasteiger partial charge in [-0.15, -0.1) is 0 Å². The van der Waals surface area contributed by atoms with Gasteiger partial charge in [-0.2, -0.15) is 0 Å². The molecule has 25 nitrogen and oxygen atoms in total. The Balaban J connectivity index is 1.39. The van der Waals surface area contributed by atoms with Gasteiger partial charge in [-0.25, -0.2) is 9.59 Å². The number of rotatable bonds is 15. The van der Waals surface area contributed by atoms with Crippen molar-refractivity contribution in [2.45, 2.75) is 161 Å². The predicted octanol–water partition coefficient (Wildman–Crippen LogP) is 1.80. The van der Waals surface area contributed by atoms with E-state index in [-0.39, 0.29) is 77.7 Å². The molecule has 2 aliphatic rings. The Morgan fingerprint density at radius 3 is 1.57 bits per heavy atom. The van der Waals surface area contributed by atoms with Gasteiger partial charge in [0.25, 0.3) is 0 Å². The Labute approximate surface area is 537 Å².